The fourth-order valence-electron chi connectivity index (χ4n) is 1.54. The number of aromatic nitrogens is 1. The standard InChI is InChI=1S/C10H7N.C2H5N/c1-2-7-3-4-8-6-9(8)10(7)11-5-1;1-2-3/h1-5H,6H2;2-3H,1H3. The first-order valence-electron chi connectivity index (χ1n) is 4.67. The number of rotatable bonds is 0. The van der Waals surface area contributed by atoms with Crippen LogP contribution in [0.2, 0.25) is 0 Å². The van der Waals surface area contributed by atoms with E-state index in [4.69, 9.17) is 5.41 Å². The van der Waals surface area contributed by atoms with Gasteiger partial charge < -0.3 is 5.41 Å². The van der Waals surface area contributed by atoms with Crippen LogP contribution in [0.4, 0.5) is 0 Å². The Hall–Kier alpha value is -1.70. The largest absolute Gasteiger partial charge is 0.313 e. The molecule has 1 N–H and O–H groups in total. The lowest BCUT2D eigenvalue weighted by atomic mass is 10.2. The van der Waals surface area contributed by atoms with Crippen molar-refractivity contribution in [3.8, 4) is 0 Å². The zero-order valence-corrected chi connectivity index (χ0v) is 8.12. The Morgan fingerprint density at radius 3 is 2.93 bits per heavy atom. The van der Waals surface area contributed by atoms with Gasteiger partial charge in [-0.2, -0.15) is 0 Å². The van der Waals surface area contributed by atoms with E-state index in [0.717, 1.165) is 6.42 Å². The third-order valence-electron chi connectivity index (χ3n) is 2.22. The minimum absolute atomic E-state index is 1.15. The summed E-state index contributed by atoms with van der Waals surface area (Å²) in [5, 5.41) is 7.35. The van der Waals surface area contributed by atoms with Gasteiger partial charge in [0.25, 0.3) is 0 Å². The van der Waals surface area contributed by atoms with E-state index in [2.05, 4.69) is 23.2 Å². The van der Waals surface area contributed by atoms with E-state index < -0.39 is 0 Å². The molecule has 1 aromatic carbocycles. The Bertz CT molecular complexity index is 475. The quantitative estimate of drug-likeness (QED) is 0.536. The molecule has 0 bridgehead atoms. The van der Waals surface area contributed by atoms with Crippen LogP contribution in [-0.2, 0) is 6.42 Å². The lowest BCUT2D eigenvalue weighted by Gasteiger charge is -1.91. The normalized spacial score (nSPS) is 11.2. The minimum atomic E-state index is 1.15. The Balaban J connectivity index is 0.000000226. The maximum atomic E-state index is 6.08. The summed E-state index contributed by atoms with van der Waals surface area (Å²) in [5.41, 5.74) is 4.12. The molecule has 0 amide bonds. The summed E-state index contributed by atoms with van der Waals surface area (Å²) in [7, 11) is 0. The number of hydrogen-bond acceptors (Lipinski definition) is 2. The highest BCUT2D eigenvalue weighted by Crippen LogP contribution is 2.33. The van der Waals surface area contributed by atoms with Crippen molar-refractivity contribution in [3.05, 3.63) is 41.6 Å². The average Bonchev–Trinajstić information content (AvgIpc) is 2.98. The van der Waals surface area contributed by atoms with Gasteiger partial charge in [-0.15, -0.1) is 0 Å². The Morgan fingerprint density at radius 2 is 2.14 bits per heavy atom. The van der Waals surface area contributed by atoms with Crippen LogP contribution in [0.5, 0.6) is 0 Å². The second-order valence-corrected chi connectivity index (χ2v) is 3.24. The monoisotopic (exact) mass is 184 g/mol. The van der Waals surface area contributed by atoms with Gasteiger partial charge in [0, 0.05) is 18.0 Å². The molecule has 0 unspecified atom stereocenters. The summed E-state index contributed by atoms with van der Waals surface area (Å²) >= 11 is 0. The maximum absolute atomic E-state index is 6.08. The summed E-state index contributed by atoms with van der Waals surface area (Å²) in [5.74, 6) is 0. The van der Waals surface area contributed by atoms with Gasteiger partial charge in [-0.05, 0) is 30.3 Å². The number of benzene rings is 1. The zero-order valence-electron chi connectivity index (χ0n) is 8.12. The van der Waals surface area contributed by atoms with Crippen LogP contribution in [0, 0.1) is 5.41 Å². The van der Waals surface area contributed by atoms with Crippen molar-refractivity contribution >= 4 is 17.1 Å². The van der Waals surface area contributed by atoms with Crippen molar-refractivity contribution < 1.29 is 0 Å². The molecule has 0 saturated carbocycles. The van der Waals surface area contributed by atoms with Crippen molar-refractivity contribution in [2.45, 2.75) is 13.3 Å². The highest BCUT2D eigenvalue weighted by atomic mass is 14.7. The first-order valence-corrected chi connectivity index (χ1v) is 4.67. The maximum Gasteiger partial charge on any atom is 0.0740 e. The summed E-state index contributed by atoms with van der Waals surface area (Å²) < 4.78 is 0. The Morgan fingerprint density at radius 1 is 1.36 bits per heavy atom. The molecule has 0 aliphatic heterocycles. The molecule has 1 aliphatic carbocycles. The molecule has 1 heterocycles. The molecule has 0 atom stereocenters. The van der Waals surface area contributed by atoms with Crippen LogP contribution in [0.25, 0.3) is 10.9 Å². The Kier molecular flexibility index (Phi) is 2.27. The molecule has 14 heavy (non-hydrogen) atoms. The van der Waals surface area contributed by atoms with Gasteiger partial charge in [0.05, 0.1) is 5.52 Å². The molecular weight excluding hydrogens is 172 g/mol. The zero-order chi connectivity index (χ0) is 9.97. The molecule has 0 saturated heterocycles. The van der Waals surface area contributed by atoms with Gasteiger partial charge in [0.1, 0.15) is 0 Å². The lowest BCUT2D eigenvalue weighted by Crippen LogP contribution is -1.74. The fraction of sp³-hybridized carbons (Fsp3) is 0.167. The molecule has 3 rings (SSSR count). The van der Waals surface area contributed by atoms with Crippen molar-refractivity contribution in [2.75, 3.05) is 0 Å². The van der Waals surface area contributed by atoms with Crippen LogP contribution in [0.15, 0.2) is 30.5 Å². The summed E-state index contributed by atoms with van der Waals surface area (Å²) in [4.78, 5) is 4.33. The first-order chi connectivity index (χ1) is 6.86. The highest BCUT2D eigenvalue weighted by Gasteiger charge is 2.19. The highest BCUT2D eigenvalue weighted by molar-refractivity contribution is 5.86. The SMILES string of the molecule is CC=N.c1cnc2c3c(ccc2c1)C3. The molecule has 2 heteroatoms. The number of fused-ring (bicyclic) bond motifs is 3. The van der Waals surface area contributed by atoms with E-state index in [0.29, 0.717) is 0 Å². The van der Waals surface area contributed by atoms with Crippen LogP contribution in [0.1, 0.15) is 18.1 Å². The molecule has 1 aliphatic rings. The second-order valence-electron chi connectivity index (χ2n) is 3.24. The van der Waals surface area contributed by atoms with Crippen LogP contribution in [-0.4, -0.2) is 11.2 Å². The summed E-state index contributed by atoms with van der Waals surface area (Å²) in [6.45, 7) is 1.67. The van der Waals surface area contributed by atoms with E-state index in [-0.39, 0.29) is 0 Å². The van der Waals surface area contributed by atoms with Crippen molar-refractivity contribution in [2.24, 2.45) is 0 Å². The predicted octanol–water partition coefficient (Wildman–Crippen LogP) is 2.79. The van der Waals surface area contributed by atoms with Gasteiger partial charge >= 0.3 is 0 Å². The van der Waals surface area contributed by atoms with E-state index in [1.54, 1.807) is 6.92 Å². The molecule has 2 aromatic rings. The number of nitrogens with zero attached hydrogens (tertiary/aromatic N) is 1. The number of pyridine rings is 1. The van der Waals surface area contributed by atoms with E-state index in [1.807, 2.05) is 12.3 Å². The van der Waals surface area contributed by atoms with E-state index in [1.165, 1.54) is 28.2 Å². The lowest BCUT2D eigenvalue weighted by molar-refractivity contribution is 1.41. The van der Waals surface area contributed by atoms with Gasteiger partial charge in [0.2, 0.25) is 0 Å². The van der Waals surface area contributed by atoms with Gasteiger partial charge in [0.15, 0.2) is 0 Å². The second kappa shape index (κ2) is 3.58. The van der Waals surface area contributed by atoms with Crippen LogP contribution in [0.3, 0.4) is 0 Å². The molecule has 0 spiro atoms. The molecule has 0 radical (unpaired) electrons. The minimum Gasteiger partial charge on any atom is -0.313 e. The summed E-state index contributed by atoms with van der Waals surface area (Å²) in [6.07, 6.45) is 4.27. The van der Waals surface area contributed by atoms with E-state index in [9.17, 15) is 0 Å². The van der Waals surface area contributed by atoms with Crippen molar-refractivity contribution in [1.29, 1.82) is 5.41 Å². The van der Waals surface area contributed by atoms with Crippen molar-refractivity contribution in [3.63, 3.8) is 0 Å². The predicted molar refractivity (Wildman–Crippen MR) is 59.0 cm³/mol. The van der Waals surface area contributed by atoms with Crippen molar-refractivity contribution in [1.82, 2.24) is 4.98 Å². The van der Waals surface area contributed by atoms with Gasteiger partial charge in [-0.3, -0.25) is 4.98 Å². The van der Waals surface area contributed by atoms with Gasteiger partial charge in [-0.1, -0.05) is 18.2 Å². The Labute approximate surface area is 83.1 Å². The fourth-order valence-corrected chi connectivity index (χ4v) is 1.54. The third-order valence-corrected chi connectivity index (χ3v) is 2.22. The molecule has 0 fully saturated rings. The van der Waals surface area contributed by atoms with E-state index >= 15 is 0 Å². The smallest absolute Gasteiger partial charge is 0.0740 e. The number of nitrogens with one attached hydrogen (secondary N) is 1. The van der Waals surface area contributed by atoms with Crippen LogP contribution < -0.4 is 0 Å². The third kappa shape index (κ3) is 1.51. The topological polar surface area (TPSA) is 36.7 Å². The van der Waals surface area contributed by atoms with Gasteiger partial charge in [-0.25, -0.2) is 0 Å². The van der Waals surface area contributed by atoms with Crippen LogP contribution >= 0.6 is 0 Å². The molecule has 2 nitrogen and oxygen atoms in total. The number of hydrogen-bond donors (Lipinski definition) is 1. The first kappa shape index (κ1) is 8.88. The molecule has 1 aromatic heterocycles. The molecular formula is C12H12N2. The summed E-state index contributed by atoms with van der Waals surface area (Å²) in [6, 6.07) is 8.44. The molecule has 70 valence electrons. The average molecular weight is 184 g/mol.